The molecule has 0 saturated heterocycles. The first-order valence-electron chi connectivity index (χ1n) is 8.36. The zero-order chi connectivity index (χ0) is 20.6. The van der Waals surface area contributed by atoms with Crippen molar-refractivity contribution in [2.45, 2.75) is 12.7 Å². The molecule has 0 fully saturated rings. The van der Waals surface area contributed by atoms with Gasteiger partial charge in [0.2, 0.25) is 0 Å². The van der Waals surface area contributed by atoms with Crippen LogP contribution in [0.2, 0.25) is 0 Å². The van der Waals surface area contributed by atoms with Crippen molar-refractivity contribution in [3.05, 3.63) is 77.6 Å². The average Bonchev–Trinajstić information content (AvgIpc) is 3.35. The number of benzene rings is 1. The highest BCUT2D eigenvalue weighted by atomic mass is 19.4. The van der Waals surface area contributed by atoms with Crippen LogP contribution in [0.3, 0.4) is 0 Å². The number of hydrogen-bond donors (Lipinski definition) is 1. The second-order valence-electron chi connectivity index (χ2n) is 6.11. The Morgan fingerprint density at radius 2 is 1.90 bits per heavy atom. The van der Waals surface area contributed by atoms with E-state index in [2.05, 4.69) is 15.4 Å². The van der Waals surface area contributed by atoms with Crippen LogP contribution >= 0.6 is 0 Å². The van der Waals surface area contributed by atoms with E-state index in [1.807, 2.05) is 0 Å². The van der Waals surface area contributed by atoms with Crippen LogP contribution < -0.4 is 5.32 Å². The van der Waals surface area contributed by atoms with Gasteiger partial charge in [-0.1, -0.05) is 12.1 Å². The van der Waals surface area contributed by atoms with Crippen LogP contribution in [-0.4, -0.2) is 20.5 Å². The van der Waals surface area contributed by atoms with Crippen molar-refractivity contribution in [1.82, 2.24) is 19.9 Å². The van der Waals surface area contributed by atoms with Gasteiger partial charge in [0.25, 0.3) is 5.91 Å². The minimum atomic E-state index is -4.73. The summed E-state index contributed by atoms with van der Waals surface area (Å²) in [6, 6.07) is 10.4. The standard InChI is InChI=1S/C19H12F4N4O2/c20-12-5-3-11(4-6-12)10-24-18(28)14-9-17-25-13(15-2-1-7-29-15)8-16(19(21,22)23)27(17)26-14/h1-9H,10H2,(H,24,28). The molecule has 6 nitrogen and oxygen atoms in total. The molecule has 1 aromatic carbocycles. The Balaban J connectivity index is 1.67. The Morgan fingerprint density at radius 1 is 1.14 bits per heavy atom. The number of carbonyl (C=O) groups excluding carboxylic acids is 1. The molecule has 0 atom stereocenters. The molecule has 0 aliphatic carbocycles. The van der Waals surface area contributed by atoms with Gasteiger partial charge in [0.1, 0.15) is 11.5 Å². The predicted molar refractivity (Wildman–Crippen MR) is 93.3 cm³/mol. The molecule has 4 aromatic rings. The lowest BCUT2D eigenvalue weighted by Crippen LogP contribution is -2.23. The molecule has 148 valence electrons. The summed E-state index contributed by atoms with van der Waals surface area (Å²) >= 11 is 0. The fourth-order valence-electron chi connectivity index (χ4n) is 2.71. The number of amides is 1. The van der Waals surface area contributed by atoms with Gasteiger partial charge in [-0.3, -0.25) is 4.79 Å². The lowest BCUT2D eigenvalue weighted by Gasteiger charge is -2.09. The van der Waals surface area contributed by atoms with Crippen LogP contribution in [0.5, 0.6) is 0 Å². The van der Waals surface area contributed by atoms with E-state index in [-0.39, 0.29) is 29.3 Å². The molecule has 0 saturated carbocycles. The molecule has 0 bridgehead atoms. The maximum atomic E-state index is 13.5. The second kappa shape index (κ2) is 7.04. The van der Waals surface area contributed by atoms with Gasteiger partial charge in [-0.2, -0.15) is 18.3 Å². The van der Waals surface area contributed by atoms with E-state index in [1.54, 1.807) is 0 Å². The Morgan fingerprint density at radius 3 is 2.55 bits per heavy atom. The van der Waals surface area contributed by atoms with Crippen molar-refractivity contribution in [3.63, 3.8) is 0 Å². The summed E-state index contributed by atoms with van der Waals surface area (Å²) in [6.45, 7) is 0.0597. The van der Waals surface area contributed by atoms with Crippen LogP contribution in [-0.2, 0) is 12.7 Å². The van der Waals surface area contributed by atoms with E-state index in [4.69, 9.17) is 4.42 Å². The molecule has 4 rings (SSSR count). The summed E-state index contributed by atoms with van der Waals surface area (Å²) in [7, 11) is 0. The monoisotopic (exact) mass is 404 g/mol. The third-order valence-corrected chi connectivity index (χ3v) is 4.09. The molecule has 0 aliphatic rings. The first-order chi connectivity index (χ1) is 13.8. The molecular weight excluding hydrogens is 392 g/mol. The first kappa shape index (κ1) is 18.7. The molecule has 3 aromatic heterocycles. The van der Waals surface area contributed by atoms with Gasteiger partial charge in [0, 0.05) is 12.6 Å². The summed E-state index contributed by atoms with van der Waals surface area (Å²) in [5.74, 6) is -0.951. The molecule has 29 heavy (non-hydrogen) atoms. The lowest BCUT2D eigenvalue weighted by molar-refractivity contribution is -0.142. The molecule has 10 heteroatoms. The number of alkyl halides is 3. The number of aromatic nitrogens is 3. The topological polar surface area (TPSA) is 72.4 Å². The highest BCUT2D eigenvalue weighted by Gasteiger charge is 2.36. The van der Waals surface area contributed by atoms with E-state index >= 15 is 0 Å². The number of hydrogen-bond acceptors (Lipinski definition) is 4. The summed E-state index contributed by atoms with van der Waals surface area (Å²) in [5, 5.41) is 6.29. The Hall–Kier alpha value is -3.69. The smallest absolute Gasteiger partial charge is 0.433 e. The third kappa shape index (κ3) is 3.82. The van der Waals surface area contributed by atoms with Crippen LogP contribution in [0, 0.1) is 5.82 Å². The minimum absolute atomic E-state index is 0.0343. The lowest BCUT2D eigenvalue weighted by atomic mass is 10.2. The van der Waals surface area contributed by atoms with Gasteiger partial charge in [-0.25, -0.2) is 13.9 Å². The van der Waals surface area contributed by atoms with Crippen LogP contribution in [0.25, 0.3) is 17.1 Å². The molecule has 0 aliphatic heterocycles. The molecule has 0 radical (unpaired) electrons. The predicted octanol–water partition coefficient (Wildman–Crippen LogP) is 4.08. The van der Waals surface area contributed by atoms with Gasteiger partial charge in [0.15, 0.2) is 22.8 Å². The quantitative estimate of drug-likeness (QED) is 0.521. The van der Waals surface area contributed by atoms with Crippen LogP contribution in [0.4, 0.5) is 17.6 Å². The van der Waals surface area contributed by atoms with Crippen molar-refractivity contribution in [2.24, 2.45) is 0 Å². The second-order valence-corrected chi connectivity index (χ2v) is 6.11. The van der Waals surface area contributed by atoms with Crippen molar-refractivity contribution in [1.29, 1.82) is 0 Å². The SMILES string of the molecule is O=C(NCc1ccc(F)cc1)c1cc2nc(-c3ccco3)cc(C(F)(F)F)n2n1. The van der Waals surface area contributed by atoms with Crippen LogP contribution in [0.1, 0.15) is 21.7 Å². The number of furan rings is 1. The summed E-state index contributed by atoms with van der Waals surface area (Å²) in [4.78, 5) is 16.4. The van der Waals surface area contributed by atoms with E-state index in [9.17, 15) is 22.4 Å². The number of nitrogens with one attached hydrogen (secondary N) is 1. The summed E-state index contributed by atoms with van der Waals surface area (Å²) in [5.41, 5.74) is -0.892. The molecule has 3 heterocycles. The number of halogens is 4. The normalized spacial score (nSPS) is 11.7. The van der Waals surface area contributed by atoms with Crippen molar-refractivity contribution >= 4 is 11.6 Å². The average molecular weight is 404 g/mol. The molecule has 0 spiro atoms. The van der Waals surface area contributed by atoms with Gasteiger partial charge in [0.05, 0.1) is 6.26 Å². The Labute approximate surface area is 160 Å². The fraction of sp³-hybridized carbons (Fsp3) is 0.105. The van der Waals surface area contributed by atoms with Crippen molar-refractivity contribution in [3.8, 4) is 11.5 Å². The Kier molecular flexibility index (Phi) is 4.53. The van der Waals surface area contributed by atoms with Crippen LogP contribution in [0.15, 0.2) is 59.2 Å². The van der Waals surface area contributed by atoms with Gasteiger partial charge >= 0.3 is 6.18 Å². The Bertz CT molecular complexity index is 1170. The zero-order valence-corrected chi connectivity index (χ0v) is 14.6. The summed E-state index contributed by atoms with van der Waals surface area (Å²) < 4.78 is 59.1. The fourth-order valence-corrected chi connectivity index (χ4v) is 2.71. The van der Waals surface area contributed by atoms with Gasteiger partial charge in [-0.15, -0.1) is 0 Å². The van der Waals surface area contributed by atoms with Crippen molar-refractivity contribution < 1.29 is 26.8 Å². The molecule has 0 unspecified atom stereocenters. The van der Waals surface area contributed by atoms with Gasteiger partial charge in [-0.05, 0) is 35.9 Å². The largest absolute Gasteiger partial charge is 0.463 e. The number of rotatable bonds is 4. The van der Waals surface area contributed by atoms with Gasteiger partial charge < -0.3 is 9.73 Å². The highest BCUT2D eigenvalue weighted by Crippen LogP contribution is 2.32. The number of carbonyl (C=O) groups is 1. The van der Waals surface area contributed by atoms with E-state index < -0.39 is 23.6 Å². The molecule has 1 amide bonds. The highest BCUT2D eigenvalue weighted by molar-refractivity contribution is 5.93. The zero-order valence-electron chi connectivity index (χ0n) is 14.6. The molecule has 1 N–H and O–H groups in total. The number of fused-ring (bicyclic) bond motifs is 1. The third-order valence-electron chi connectivity index (χ3n) is 4.09. The molecular formula is C19H12F4N4O2. The maximum absolute atomic E-state index is 13.5. The minimum Gasteiger partial charge on any atom is -0.463 e. The van der Waals surface area contributed by atoms with E-state index in [0.29, 0.717) is 10.1 Å². The maximum Gasteiger partial charge on any atom is 0.433 e. The van der Waals surface area contributed by atoms with E-state index in [1.165, 1.54) is 42.7 Å². The van der Waals surface area contributed by atoms with Crippen molar-refractivity contribution in [2.75, 3.05) is 0 Å². The van der Waals surface area contributed by atoms with E-state index in [0.717, 1.165) is 12.1 Å². The number of nitrogens with zero attached hydrogens (tertiary/aromatic N) is 3. The summed E-state index contributed by atoms with van der Waals surface area (Å²) in [6.07, 6.45) is -3.41. The first-order valence-corrected chi connectivity index (χ1v) is 8.36.